The average Bonchev–Trinajstić information content (AvgIpc) is 2.41. The lowest BCUT2D eigenvalue weighted by Gasteiger charge is -2.10. The van der Waals surface area contributed by atoms with E-state index in [-0.39, 0.29) is 0 Å². The number of carbonyl (C=O) groups excluding carboxylic acids is 2. The molecule has 0 aliphatic carbocycles. The monoisotopic (exact) mass is 176 g/mol. The predicted octanol–water partition coefficient (Wildman–Crippen LogP) is 0.631. The lowest BCUT2D eigenvalue weighted by atomic mass is 10.2. The summed E-state index contributed by atoms with van der Waals surface area (Å²) in [6, 6.07) is 3.28. The molecule has 66 valence electrons. The molecule has 1 aliphatic rings. The van der Waals surface area contributed by atoms with E-state index in [1.165, 1.54) is 4.90 Å². The highest BCUT2D eigenvalue weighted by atomic mass is 16.2. The van der Waals surface area contributed by atoms with Gasteiger partial charge in [-0.25, -0.2) is 4.98 Å². The molecule has 4 heteroatoms. The van der Waals surface area contributed by atoms with Gasteiger partial charge in [-0.1, -0.05) is 0 Å². The van der Waals surface area contributed by atoms with Crippen LogP contribution in [-0.4, -0.2) is 23.2 Å². The molecule has 1 aromatic heterocycles. The van der Waals surface area contributed by atoms with Crippen LogP contribution in [-0.2, 0) is 4.79 Å². The maximum absolute atomic E-state index is 11.3. The van der Waals surface area contributed by atoms with Gasteiger partial charge in [0.1, 0.15) is 5.82 Å². The number of amides is 1. The molecule has 0 aromatic carbocycles. The Bertz CT molecular complexity index is 387. The Hall–Kier alpha value is -1.71. The molecule has 0 radical (unpaired) electrons. The summed E-state index contributed by atoms with van der Waals surface area (Å²) in [7, 11) is 0. The first kappa shape index (κ1) is 7.91. The molecule has 13 heavy (non-hydrogen) atoms. The molecule has 1 aromatic rings. The van der Waals surface area contributed by atoms with Crippen LogP contribution in [0, 0.1) is 0 Å². The molecular formula is C9H8N2O2. The fourth-order valence-corrected chi connectivity index (χ4v) is 1.42. The van der Waals surface area contributed by atoms with Crippen LogP contribution in [0.5, 0.6) is 0 Å². The van der Waals surface area contributed by atoms with Gasteiger partial charge in [0.2, 0.25) is 0 Å². The second-order valence-corrected chi connectivity index (χ2v) is 2.75. The van der Waals surface area contributed by atoms with Gasteiger partial charge < -0.3 is 0 Å². The van der Waals surface area contributed by atoms with Crippen LogP contribution in [0.4, 0.5) is 5.82 Å². The van der Waals surface area contributed by atoms with E-state index in [0.29, 0.717) is 17.9 Å². The molecule has 1 aliphatic heterocycles. The second-order valence-electron chi connectivity index (χ2n) is 2.75. The lowest BCUT2D eigenvalue weighted by molar-refractivity contribution is -0.114. The molecule has 0 bridgehead atoms. The Morgan fingerprint density at radius 1 is 1.46 bits per heavy atom. The van der Waals surface area contributed by atoms with Crippen LogP contribution in [0.3, 0.4) is 0 Å². The van der Waals surface area contributed by atoms with Crippen LogP contribution in [0.1, 0.15) is 17.3 Å². The minimum atomic E-state index is -0.476. The maximum Gasteiger partial charge on any atom is 0.300 e. The average molecular weight is 176 g/mol. The van der Waals surface area contributed by atoms with Crippen molar-refractivity contribution in [3.8, 4) is 0 Å². The summed E-state index contributed by atoms with van der Waals surface area (Å²) < 4.78 is 0. The number of Topliss-reactive ketones (excluding diaryl/α,β-unsaturated/α-hetero) is 1. The van der Waals surface area contributed by atoms with Gasteiger partial charge >= 0.3 is 5.91 Å². The Balaban J connectivity index is 2.60. The van der Waals surface area contributed by atoms with Gasteiger partial charge in [0, 0.05) is 12.7 Å². The number of aromatic nitrogens is 1. The molecule has 0 unspecified atom stereocenters. The van der Waals surface area contributed by atoms with Gasteiger partial charge in [0.25, 0.3) is 5.78 Å². The van der Waals surface area contributed by atoms with Gasteiger partial charge in [-0.3, -0.25) is 14.5 Å². The van der Waals surface area contributed by atoms with Gasteiger partial charge in [-0.15, -0.1) is 0 Å². The first-order chi connectivity index (χ1) is 6.25. The molecule has 0 fully saturated rings. The zero-order valence-electron chi connectivity index (χ0n) is 7.15. The van der Waals surface area contributed by atoms with E-state index in [1.54, 1.807) is 18.3 Å². The topological polar surface area (TPSA) is 50.3 Å². The van der Waals surface area contributed by atoms with Gasteiger partial charge in [0.05, 0.1) is 5.56 Å². The number of pyridine rings is 1. The molecule has 2 heterocycles. The van der Waals surface area contributed by atoms with Crippen molar-refractivity contribution in [3.05, 3.63) is 23.9 Å². The number of likely N-dealkylation sites (N-methyl/N-ethyl adjacent to an activating group) is 1. The van der Waals surface area contributed by atoms with Crippen molar-refractivity contribution in [2.45, 2.75) is 6.92 Å². The van der Waals surface area contributed by atoms with E-state index in [9.17, 15) is 9.59 Å². The molecule has 0 spiro atoms. The largest absolute Gasteiger partial charge is 0.300 e. The summed E-state index contributed by atoms with van der Waals surface area (Å²) in [6.07, 6.45) is 1.58. The molecule has 4 nitrogen and oxygen atoms in total. The Kier molecular flexibility index (Phi) is 1.62. The zero-order valence-corrected chi connectivity index (χ0v) is 7.15. The van der Waals surface area contributed by atoms with Gasteiger partial charge in [-0.2, -0.15) is 0 Å². The third kappa shape index (κ3) is 0.950. The number of rotatable bonds is 1. The van der Waals surface area contributed by atoms with Crippen LogP contribution in [0.25, 0.3) is 0 Å². The number of hydrogen-bond donors (Lipinski definition) is 0. The van der Waals surface area contributed by atoms with Crippen LogP contribution in [0.15, 0.2) is 18.3 Å². The Labute approximate surface area is 75.2 Å². The SMILES string of the molecule is CCN1C(=O)C(=O)c2cccnc21. The number of carbonyl (C=O) groups is 2. The van der Waals surface area contributed by atoms with Gasteiger partial charge in [0.15, 0.2) is 0 Å². The van der Waals surface area contributed by atoms with Crippen molar-refractivity contribution in [2.24, 2.45) is 0 Å². The van der Waals surface area contributed by atoms with Crippen molar-refractivity contribution in [2.75, 3.05) is 11.4 Å². The third-order valence-electron chi connectivity index (χ3n) is 2.04. The van der Waals surface area contributed by atoms with Crippen LogP contribution >= 0.6 is 0 Å². The number of anilines is 1. The smallest absolute Gasteiger partial charge is 0.289 e. The highest BCUT2D eigenvalue weighted by Crippen LogP contribution is 2.24. The third-order valence-corrected chi connectivity index (χ3v) is 2.04. The molecule has 0 N–H and O–H groups in total. The molecule has 2 rings (SSSR count). The molecular weight excluding hydrogens is 168 g/mol. The van der Waals surface area contributed by atoms with Crippen LogP contribution < -0.4 is 4.90 Å². The normalized spacial score (nSPS) is 15.0. The molecule has 0 saturated carbocycles. The quantitative estimate of drug-likeness (QED) is 0.590. The highest BCUT2D eigenvalue weighted by Gasteiger charge is 2.35. The van der Waals surface area contributed by atoms with Crippen molar-refractivity contribution < 1.29 is 9.59 Å². The second kappa shape index (κ2) is 2.65. The minimum Gasteiger partial charge on any atom is -0.289 e. The number of ketones is 1. The first-order valence-electron chi connectivity index (χ1n) is 4.07. The predicted molar refractivity (Wildman–Crippen MR) is 46.6 cm³/mol. The van der Waals surface area contributed by atoms with Crippen molar-refractivity contribution in [1.29, 1.82) is 0 Å². The van der Waals surface area contributed by atoms with Crippen molar-refractivity contribution >= 4 is 17.5 Å². The highest BCUT2D eigenvalue weighted by molar-refractivity contribution is 6.51. The maximum atomic E-state index is 11.3. The summed E-state index contributed by atoms with van der Waals surface area (Å²) in [5.41, 5.74) is 0.411. The zero-order chi connectivity index (χ0) is 9.42. The number of hydrogen-bond acceptors (Lipinski definition) is 3. The Morgan fingerprint density at radius 3 is 2.92 bits per heavy atom. The number of fused-ring (bicyclic) bond motifs is 1. The van der Waals surface area contributed by atoms with E-state index in [2.05, 4.69) is 4.98 Å². The van der Waals surface area contributed by atoms with E-state index >= 15 is 0 Å². The van der Waals surface area contributed by atoms with Gasteiger partial charge in [-0.05, 0) is 19.1 Å². The van der Waals surface area contributed by atoms with E-state index in [1.807, 2.05) is 6.92 Å². The fourth-order valence-electron chi connectivity index (χ4n) is 1.42. The molecule has 0 atom stereocenters. The molecule has 1 amide bonds. The summed E-state index contributed by atoms with van der Waals surface area (Å²) in [5.74, 6) is -0.443. The minimum absolute atomic E-state index is 0.411. The van der Waals surface area contributed by atoms with E-state index in [0.717, 1.165) is 0 Å². The standard InChI is InChI=1S/C9H8N2O2/c1-2-11-8-6(4-3-5-10-8)7(12)9(11)13/h3-5H,2H2,1H3. The lowest BCUT2D eigenvalue weighted by Crippen LogP contribution is -2.29. The van der Waals surface area contributed by atoms with Crippen molar-refractivity contribution in [1.82, 2.24) is 4.98 Å². The molecule has 0 saturated heterocycles. The summed E-state index contributed by atoms with van der Waals surface area (Å²) in [4.78, 5) is 28.0. The van der Waals surface area contributed by atoms with Crippen LogP contribution in [0.2, 0.25) is 0 Å². The summed E-state index contributed by atoms with van der Waals surface area (Å²) in [5, 5.41) is 0. The first-order valence-corrected chi connectivity index (χ1v) is 4.07. The van der Waals surface area contributed by atoms with Crippen molar-refractivity contribution in [3.63, 3.8) is 0 Å². The number of nitrogens with zero attached hydrogens (tertiary/aromatic N) is 2. The summed E-state index contributed by atoms with van der Waals surface area (Å²) >= 11 is 0. The Morgan fingerprint density at radius 2 is 2.23 bits per heavy atom. The fraction of sp³-hybridized carbons (Fsp3) is 0.222. The summed E-state index contributed by atoms with van der Waals surface area (Å²) in [6.45, 7) is 2.30. The van der Waals surface area contributed by atoms with E-state index < -0.39 is 11.7 Å². The van der Waals surface area contributed by atoms with E-state index in [4.69, 9.17) is 0 Å².